The molecule has 0 aliphatic rings. The van der Waals surface area contributed by atoms with Crippen LogP contribution in [0, 0.1) is 0 Å². The molecule has 0 heterocycles. The summed E-state index contributed by atoms with van der Waals surface area (Å²) in [5.41, 5.74) is -0.831. The van der Waals surface area contributed by atoms with Crippen molar-refractivity contribution in [2.75, 3.05) is 13.2 Å². The smallest absolute Gasteiger partial charge is 0.306 e. The van der Waals surface area contributed by atoms with Gasteiger partial charge in [-0.05, 0) is 51.9 Å². The number of aliphatic hydroxyl groups is 1. The van der Waals surface area contributed by atoms with Crippen LogP contribution >= 0.6 is 0 Å². The predicted octanol–water partition coefficient (Wildman–Crippen LogP) is 10.9. The molecule has 0 aromatic heterocycles. The first-order valence-corrected chi connectivity index (χ1v) is 21.2. The third-order valence-corrected chi connectivity index (χ3v) is 10.7. The monoisotopic (exact) mass is 724 g/mol. The maximum absolute atomic E-state index is 12.8. The molecule has 0 aliphatic carbocycles. The van der Waals surface area contributed by atoms with Gasteiger partial charge in [0, 0.05) is 12.8 Å². The molecule has 8 heteroatoms. The molecule has 2 unspecified atom stereocenters. The largest absolute Gasteiger partial charge is 0.463 e. The Morgan fingerprint density at radius 1 is 0.667 bits per heavy atom. The molecule has 0 fully saturated rings. The minimum Gasteiger partial charge on any atom is -0.463 e. The van der Waals surface area contributed by atoms with Crippen LogP contribution in [0.5, 0.6) is 0 Å². The molecule has 0 bridgehead atoms. The van der Waals surface area contributed by atoms with Gasteiger partial charge in [0.05, 0.1) is 37.2 Å². The van der Waals surface area contributed by atoms with E-state index >= 15 is 0 Å². The highest BCUT2D eigenvalue weighted by Gasteiger charge is 2.32. The van der Waals surface area contributed by atoms with Gasteiger partial charge in [0.25, 0.3) is 0 Å². The lowest BCUT2D eigenvalue weighted by molar-refractivity contribution is -0.166. The number of ether oxygens (including phenoxy) is 3. The van der Waals surface area contributed by atoms with E-state index in [1.807, 2.05) is 19.9 Å². The quantitative estimate of drug-likeness (QED) is 0.0380. The topological polar surface area (TPSA) is 111 Å². The van der Waals surface area contributed by atoms with Gasteiger partial charge < -0.3 is 24.6 Å². The highest BCUT2D eigenvalue weighted by atomic mass is 16.6. The van der Waals surface area contributed by atoms with Crippen molar-refractivity contribution in [1.29, 1.82) is 0 Å². The van der Waals surface area contributed by atoms with Gasteiger partial charge in [-0.2, -0.15) is 0 Å². The molecule has 2 atom stereocenters. The summed E-state index contributed by atoms with van der Waals surface area (Å²) in [5, 5.41) is 13.9. The van der Waals surface area contributed by atoms with Crippen LogP contribution in [0.1, 0.15) is 209 Å². The Hall–Kier alpha value is -1.93. The molecule has 1 amide bonds. The van der Waals surface area contributed by atoms with Crippen LogP contribution in [0.15, 0.2) is 12.2 Å². The summed E-state index contributed by atoms with van der Waals surface area (Å²) < 4.78 is 17.6. The zero-order chi connectivity index (χ0) is 38.2. The van der Waals surface area contributed by atoms with Crippen LogP contribution in [0.25, 0.3) is 0 Å². The second kappa shape index (κ2) is 31.6. The van der Waals surface area contributed by atoms with Gasteiger partial charge in [-0.3, -0.25) is 14.4 Å². The van der Waals surface area contributed by atoms with Gasteiger partial charge in [0.2, 0.25) is 5.91 Å². The van der Waals surface area contributed by atoms with E-state index in [-0.39, 0.29) is 31.0 Å². The Bertz CT molecular complexity index is 897. The molecule has 300 valence electrons. The number of hydrogen-bond donors (Lipinski definition) is 2. The molecule has 51 heavy (non-hydrogen) atoms. The summed E-state index contributed by atoms with van der Waals surface area (Å²) >= 11 is 0. The number of allylic oxidation sites excluding steroid dienone is 1. The van der Waals surface area contributed by atoms with Crippen LogP contribution in [-0.2, 0) is 28.6 Å². The van der Waals surface area contributed by atoms with Gasteiger partial charge in [-0.1, -0.05) is 144 Å². The number of esters is 2. The lowest BCUT2D eigenvalue weighted by Gasteiger charge is -2.34. The molecular formula is C43H81NO7. The molecule has 8 nitrogen and oxygen atoms in total. The van der Waals surface area contributed by atoms with Crippen molar-refractivity contribution in [2.45, 2.75) is 232 Å². The Labute approximate surface area is 314 Å². The lowest BCUT2D eigenvalue weighted by atomic mass is 9.93. The third kappa shape index (κ3) is 25.6. The lowest BCUT2D eigenvalue weighted by Crippen LogP contribution is -2.46. The summed E-state index contributed by atoms with van der Waals surface area (Å²) in [6, 6.07) is -0.762. The van der Waals surface area contributed by atoms with Crippen molar-refractivity contribution >= 4 is 17.8 Å². The summed E-state index contributed by atoms with van der Waals surface area (Å²) in [5.74, 6) is -1.17. The summed E-state index contributed by atoms with van der Waals surface area (Å²) in [4.78, 5) is 38.3. The van der Waals surface area contributed by atoms with Crippen LogP contribution in [0.4, 0.5) is 0 Å². The second-order valence-corrected chi connectivity index (χ2v) is 14.9. The minimum absolute atomic E-state index is 0.0979. The zero-order valence-electron chi connectivity index (χ0n) is 34.3. The molecule has 0 rings (SSSR count). The number of rotatable bonds is 35. The number of unbranched alkanes of at least 4 members (excludes halogenated alkanes) is 15. The van der Waals surface area contributed by atoms with Crippen LogP contribution in [0.2, 0.25) is 0 Å². The molecule has 0 aliphatic heterocycles. The van der Waals surface area contributed by atoms with Gasteiger partial charge in [0.1, 0.15) is 12.2 Å². The SMILES string of the molecule is CCCCCCCCCCCCCC=CC(O)C(COC(=O)CCC(=O)OC(CC)(CC)CCOC(C)(CC)CC)NC(=O)CCCCCCC. The fourth-order valence-corrected chi connectivity index (χ4v) is 6.18. The van der Waals surface area contributed by atoms with E-state index in [4.69, 9.17) is 14.2 Å². The Morgan fingerprint density at radius 3 is 1.71 bits per heavy atom. The number of carbonyl (C=O) groups is 3. The first kappa shape index (κ1) is 49.1. The average Bonchev–Trinajstić information content (AvgIpc) is 3.13. The Kier molecular flexibility index (Phi) is 30.4. The molecular weight excluding hydrogens is 642 g/mol. The fraction of sp³-hybridized carbons (Fsp3) is 0.884. The first-order valence-electron chi connectivity index (χ1n) is 21.2. The van der Waals surface area contributed by atoms with E-state index in [1.54, 1.807) is 6.08 Å². The highest BCUT2D eigenvalue weighted by molar-refractivity contribution is 5.78. The first-order chi connectivity index (χ1) is 24.5. The standard InChI is InChI=1S/C43H81NO7/c1-8-14-16-18-19-20-21-22-23-24-25-27-28-30-38(45)37(44-39(46)31-29-26-17-15-9-2)36-49-40(47)32-33-41(48)51-43(12-5,13-6)34-35-50-42(7,10-3)11-4/h28,30,37-38,45H,8-27,29,31-36H2,1-7H3,(H,44,46). The zero-order valence-corrected chi connectivity index (χ0v) is 34.3. The van der Waals surface area contributed by atoms with E-state index in [0.717, 1.165) is 64.2 Å². The van der Waals surface area contributed by atoms with Crippen molar-refractivity contribution in [1.82, 2.24) is 5.32 Å². The predicted molar refractivity (Wildman–Crippen MR) is 211 cm³/mol. The molecule has 2 N–H and O–H groups in total. The molecule has 0 aromatic carbocycles. The number of aliphatic hydroxyl groups excluding tert-OH is 1. The van der Waals surface area contributed by atoms with E-state index < -0.39 is 29.7 Å². The van der Waals surface area contributed by atoms with Crippen LogP contribution in [-0.4, -0.2) is 59.5 Å². The third-order valence-electron chi connectivity index (χ3n) is 10.7. The molecule has 0 saturated carbocycles. The molecule has 0 aromatic rings. The maximum atomic E-state index is 12.8. The van der Waals surface area contributed by atoms with E-state index in [1.165, 1.54) is 57.8 Å². The van der Waals surface area contributed by atoms with Gasteiger partial charge >= 0.3 is 11.9 Å². The minimum atomic E-state index is -0.987. The van der Waals surface area contributed by atoms with Crippen LogP contribution in [0.3, 0.4) is 0 Å². The number of amides is 1. The van der Waals surface area contributed by atoms with Gasteiger partial charge in [-0.25, -0.2) is 0 Å². The van der Waals surface area contributed by atoms with Crippen molar-refractivity contribution in [3.05, 3.63) is 12.2 Å². The van der Waals surface area contributed by atoms with E-state index in [0.29, 0.717) is 32.3 Å². The maximum Gasteiger partial charge on any atom is 0.306 e. The van der Waals surface area contributed by atoms with Crippen molar-refractivity contribution in [3.63, 3.8) is 0 Å². The van der Waals surface area contributed by atoms with Gasteiger partial charge in [-0.15, -0.1) is 0 Å². The molecule has 0 radical (unpaired) electrons. The van der Waals surface area contributed by atoms with Crippen molar-refractivity contribution in [2.24, 2.45) is 0 Å². The fourth-order valence-electron chi connectivity index (χ4n) is 6.18. The number of carbonyl (C=O) groups excluding carboxylic acids is 3. The number of nitrogens with one attached hydrogen (secondary N) is 1. The summed E-state index contributed by atoms with van der Waals surface area (Å²) in [6.45, 7) is 15.1. The summed E-state index contributed by atoms with van der Waals surface area (Å²) in [6.07, 6.45) is 26.7. The van der Waals surface area contributed by atoms with Crippen LogP contribution < -0.4 is 5.32 Å². The van der Waals surface area contributed by atoms with E-state index in [9.17, 15) is 19.5 Å². The Morgan fingerprint density at radius 2 is 1.18 bits per heavy atom. The normalized spacial score (nSPS) is 13.3. The Balaban J connectivity index is 4.89. The van der Waals surface area contributed by atoms with Gasteiger partial charge in [0.15, 0.2) is 0 Å². The average molecular weight is 724 g/mol. The highest BCUT2D eigenvalue weighted by Crippen LogP contribution is 2.28. The number of hydrogen-bond acceptors (Lipinski definition) is 7. The van der Waals surface area contributed by atoms with Crippen molar-refractivity contribution in [3.8, 4) is 0 Å². The van der Waals surface area contributed by atoms with Crippen molar-refractivity contribution < 1.29 is 33.7 Å². The summed E-state index contributed by atoms with van der Waals surface area (Å²) in [7, 11) is 0. The molecule has 0 spiro atoms. The second-order valence-electron chi connectivity index (χ2n) is 14.9. The molecule has 0 saturated heterocycles. The van der Waals surface area contributed by atoms with E-state index in [2.05, 4.69) is 39.9 Å².